The summed E-state index contributed by atoms with van der Waals surface area (Å²) in [6, 6.07) is 0. The van der Waals surface area contributed by atoms with Crippen molar-refractivity contribution in [3.05, 3.63) is 0 Å². The number of rotatable bonds is 0. The Morgan fingerprint density at radius 2 is 2.33 bits per heavy atom. The minimum absolute atomic E-state index is 0.273. The second-order valence-corrected chi connectivity index (χ2v) is 0.823. The van der Waals surface area contributed by atoms with Crippen molar-refractivity contribution in [2.75, 3.05) is 7.11 Å². The second kappa shape index (κ2) is 2.50. The summed E-state index contributed by atoms with van der Waals surface area (Å²) in [4.78, 5) is 0. The fraction of sp³-hybridized carbons (Fsp3) is 0.667. The summed E-state index contributed by atoms with van der Waals surface area (Å²) in [5, 5.41) is 10.5. The van der Waals surface area contributed by atoms with E-state index >= 15 is 0 Å². The summed E-state index contributed by atoms with van der Waals surface area (Å²) >= 11 is 0. The first-order valence-electron chi connectivity index (χ1n) is 1.54. The molecule has 3 nitrogen and oxygen atoms in total. The number of methoxy groups -OCH3 is 1. The van der Waals surface area contributed by atoms with Crippen LogP contribution in [0.1, 0.15) is 6.92 Å². The van der Waals surface area contributed by atoms with E-state index in [1.807, 2.05) is 0 Å². The summed E-state index contributed by atoms with van der Waals surface area (Å²) in [7, 11) is 1.44. The van der Waals surface area contributed by atoms with E-state index in [1.54, 1.807) is 6.92 Å². The van der Waals surface area contributed by atoms with Gasteiger partial charge in [-0.1, -0.05) is 5.16 Å². The first-order valence-corrected chi connectivity index (χ1v) is 1.54. The van der Waals surface area contributed by atoms with Crippen LogP contribution in [0.2, 0.25) is 0 Å². The van der Waals surface area contributed by atoms with Gasteiger partial charge in [-0.3, -0.25) is 0 Å². The lowest BCUT2D eigenvalue weighted by molar-refractivity contribution is 0.285. The zero-order valence-electron chi connectivity index (χ0n) is 3.80. The quantitative estimate of drug-likeness (QED) is 0.202. The molecule has 0 aromatic heterocycles. The van der Waals surface area contributed by atoms with E-state index in [4.69, 9.17) is 5.21 Å². The molecule has 0 spiro atoms. The summed E-state index contributed by atoms with van der Waals surface area (Å²) in [5.41, 5.74) is 0. The van der Waals surface area contributed by atoms with Gasteiger partial charge in [0.1, 0.15) is 0 Å². The van der Waals surface area contributed by atoms with Crippen molar-refractivity contribution in [2.45, 2.75) is 6.92 Å². The molecule has 0 fully saturated rings. The predicted octanol–water partition coefficient (Wildman–Crippen LogP) is 0.440. The zero-order valence-corrected chi connectivity index (χ0v) is 3.80. The lowest BCUT2D eigenvalue weighted by Crippen LogP contribution is -1.91. The van der Waals surface area contributed by atoms with Crippen molar-refractivity contribution in [2.24, 2.45) is 5.16 Å². The number of hydrogen-bond acceptors (Lipinski definition) is 3. The fourth-order valence-electron chi connectivity index (χ4n) is 0.0408. The third-order valence-corrected chi connectivity index (χ3v) is 0.436. The average molecular weight is 89.1 g/mol. The topological polar surface area (TPSA) is 41.8 Å². The van der Waals surface area contributed by atoms with Gasteiger partial charge in [0, 0.05) is 6.92 Å². The van der Waals surface area contributed by atoms with Gasteiger partial charge in [-0.05, 0) is 0 Å². The van der Waals surface area contributed by atoms with E-state index in [1.165, 1.54) is 7.11 Å². The van der Waals surface area contributed by atoms with Gasteiger partial charge in [0.2, 0.25) is 5.90 Å². The van der Waals surface area contributed by atoms with Crippen LogP contribution in [-0.2, 0) is 4.74 Å². The van der Waals surface area contributed by atoms with Gasteiger partial charge < -0.3 is 9.94 Å². The van der Waals surface area contributed by atoms with Crippen molar-refractivity contribution in [3.8, 4) is 0 Å². The van der Waals surface area contributed by atoms with Crippen molar-refractivity contribution in [1.82, 2.24) is 0 Å². The van der Waals surface area contributed by atoms with Crippen LogP contribution >= 0.6 is 0 Å². The maximum absolute atomic E-state index is 7.80. The lowest BCUT2D eigenvalue weighted by Gasteiger charge is -1.88. The van der Waals surface area contributed by atoms with Crippen LogP contribution in [0.5, 0.6) is 0 Å². The first-order chi connectivity index (χ1) is 2.81. The fourth-order valence-corrected chi connectivity index (χ4v) is 0.0408. The minimum atomic E-state index is 0.273. The predicted molar refractivity (Wildman–Crippen MR) is 21.9 cm³/mol. The Labute approximate surface area is 36.2 Å². The van der Waals surface area contributed by atoms with Crippen molar-refractivity contribution in [3.63, 3.8) is 0 Å². The molecule has 0 radical (unpaired) electrons. The molecule has 36 valence electrons. The molecular formula is C3H7NO2. The molecule has 0 aromatic rings. The van der Waals surface area contributed by atoms with E-state index in [9.17, 15) is 0 Å². The maximum atomic E-state index is 7.80. The van der Waals surface area contributed by atoms with Gasteiger partial charge in [0.25, 0.3) is 0 Å². The molecule has 1 N–H and O–H groups in total. The monoisotopic (exact) mass is 89.0 g/mol. The number of oxime groups is 1. The minimum Gasteiger partial charge on any atom is -0.482 e. The molecule has 0 saturated heterocycles. The Hall–Kier alpha value is -0.730. The lowest BCUT2D eigenvalue weighted by atomic mass is 10.8. The van der Waals surface area contributed by atoms with Gasteiger partial charge in [-0.15, -0.1) is 0 Å². The molecule has 0 heterocycles. The molecule has 0 amide bonds. The summed E-state index contributed by atoms with van der Waals surface area (Å²) in [6.45, 7) is 1.56. The normalized spacial score (nSPS) is 11.3. The van der Waals surface area contributed by atoms with E-state index in [0.29, 0.717) is 0 Å². The zero-order chi connectivity index (χ0) is 4.99. The van der Waals surface area contributed by atoms with Gasteiger partial charge in [0.15, 0.2) is 0 Å². The van der Waals surface area contributed by atoms with Crippen molar-refractivity contribution >= 4 is 5.90 Å². The Kier molecular flexibility index (Phi) is 2.20. The van der Waals surface area contributed by atoms with Gasteiger partial charge in [-0.25, -0.2) is 0 Å². The molecule has 0 aliphatic rings. The second-order valence-electron chi connectivity index (χ2n) is 0.823. The highest BCUT2D eigenvalue weighted by Gasteiger charge is 1.77. The molecule has 0 aromatic carbocycles. The maximum Gasteiger partial charge on any atom is 0.221 e. The molecule has 3 heteroatoms. The smallest absolute Gasteiger partial charge is 0.221 e. The molecular weight excluding hydrogens is 82.0 g/mol. The van der Waals surface area contributed by atoms with E-state index < -0.39 is 0 Å². The first kappa shape index (κ1) is 5.27. The molecule has 0 aliphatic heterocycles. The summed E-state index contributed by atoms with van der Waals surface area (Å²) < 4.78 is 4.40. The standard InChI is InChI=1S/C3H7NO2/c1-3(4-5)6-2/h5H,1-2H3/b4-3-. The van der Waals surface area contributed by atoms with Crippen LogP contribution in [0.4, 0.5) is 0 Å². The van der Waals surface area contributed by atoms with E-state index in [2.05, 4.69) is 9.89 Å². The number of hydrogen-bond donors (Lipinski definition) is 1. The molecule has 0 unspecified atom stereocenters. The SMILES string of the molecule is CO/C(C)=N\O. The van der Waals surface area contributed by atoms with Crippen LogP contribution in [0, 0.1) is 0 Å². The van der Waals surface area contributed by atoms with Crippen LogP contribution < -0.4 is 0 Å². The van der Waals surface area contributed by atoms with Crippen LogP contribution in [0.25, 0.3) is 0 Å². The van der Waals surface area contributed by atoms with Crippen LogP contribution in [0.3, 0.4) is 0 Å². The molecule has 0 bridgehead atoms. The van der Waals surface area contributed by atoms with Gasteiger partial charge >= 0.3 is 0 Å². The summed E-state index contributed by atoms with van der Waals surface area (Å²) in [5.74, 6) is 0.273. The Bertz CT molecular complexity index is 59.8. The highest BCUT2D eigenvalue weighted by atomic mass is 16.5. The molecule has 0 saturated carbocycles. The Balaban J connectivity index is 3.22. The van der Waals surface area contributed by atoms with Gasteiger partial charge in [0.05, 0.1) is 7.11 Å². The number of ether oxygens (including phenoxy) is 1. The molecule has 6 heavy (non-hydrogen) atoms. The van der Waals surface area contributed by atoms with Crippen molar-refractivity contribution < 1.29 is 9.94 Å². The largest absolute Gasteiger partial charge is 0.482 e. The van der Waals surface area contributed by atoms with E-state index in [-0.39, 0.29) is 5.90 Å². The van der Waals surface area contributed by atoms with Crippen LogP contribution in [-0.4, -0.2) is 18.2 Å². The Morgan fingerprint density at radius 3 is 2.33 bits per heavy atom. The van der Waals surface area contributed by atoms with Crippen LogP contribution in [0.15, 0.2) is 5.16 Å². The third kappa shape index (κ3) is 1.58. The van der Waals surface area contributed by atoms with Crippen molar-refractivity contribution in [1.29, 1.82) is 0 Å². The third-order valence-electron chi connectivity index (χ3n) is 0.436. The summed E-state index contributed by atoms with van der Waals surface area (Å²) in [6.07, 6.45) is 0. The average Bonchev–Trinajstić information content (AvgIpc) is 1.65. The molecule has 0 atom stereocenters. The highest BCUT2D eigenvalue weighted by molar-refractivity contribution is 5.71. The van der Waals surface area contributed by atoms with Gasteiger partial charge in [-0.2, -0.15) is 0 Å². The van der Waals surface area contributed by atoms with E-state index in [0.717, 1.165) is 0 Å². The highest BCUT2D eigenvalue weighted by Crippen LogP contribution is 1.69. The molecule has 0 rings (SSSR count). The number of nitrogens with zero attached hydrogens (tertiary/aromatic N) is 1. The molecule has 0 aliphatic carbocycles. The Morgan fingerprint density at radius 1 is 1.83 bits per heavy atom.